The molecule has 3 nitrogen and oxygen atoms in total. The topological polar surface area (TPSA) is 29.0 Å². The molecule has 0 saturated heterocycles. The molecule has 1 aliphatic carbocycles. The molecule has 0 amide bonds. The van der Waals surface area contributed by atoms with Crippen molar-refractivity contribution in [1.29, 1.82) is 0 Å². The summed E-state index contributed by atoms with van der Waals surface area (Å²) in [6.07, 6.45) is 0.0787. The van der Waals surface area contributed by atoms with E-state index in [1.54, 1.807) is 0 Å². The molecule has 1 aromatic heterocycles. The van der Waals surface area contributed by atoms with E-state index in [0.29, 0.717) is 5.69 Å². The predicted molar refractivity (Wildman–Crippen MR) is 58.0 cm³/mol. The summed E-state index contributed by atoms with van der Waals surface area (Å²) < 4.78 is 37.2. The van der Waals surface area contributed by atoms with Gasteiger partial charge in [-0.05, 0) is 12.8 Å². The molecule has 0 N–H and O–H groups in total. The Bertz CT molecular complexity index is 375. The maximum Gasteiger partial charge on any atom is 0.405 e. The van der Waals surface area contributed by atoms with Crippen LogP contribution in [0.4, 0.5) is 19.0 Å². The van der Waals surface area contributed by atoms with Gasteiger partial charge in [-0.15, -0.1) is 11.6 Å². The molecule has 1 saturated carbocycles. The van der Waals surface area contributed by atoms with E-state index in [4.69, 9.17) is 11.6 Å². The van der Waals surface area contributed by atoms with Gasteiger partial charge in [0.05, 0.1) is 24.0 Å². The molecule has 0 bridgehead atoms. The van der Waals surface area contributed by atoms with E-state index in [9.17, 15) is 13.2 Å². The highest BCUT2D eigenvalue weighted by Crippen LogP contribution is 2.33. The number of alkyl halides is 4. The van der Waals surface area contributed by atoms with E-state index in [1.165, 1.54) is 17.3 Å². The van der Waals surface area contributed by atoms with Gasteiger partial charge in [0.15, 0.2) is 0 Å². The Morgan fingerprint density at radius 2 is 2.00 bits per heavy atom. The summed E-state index contributed by atoms with van der Waals surface area (Å²) in [6.45, 7) is -0.980. The first-order valence-electron chi connectivity index (χ1n) is 5.20. The van der Waals surface area contributed by atoms with E-state index in [0.717, 1.165) is 12.8 Å². The highest BCUT2D eigenvalue weighted by Gasteiger charge is 2.38. The van der Waals surface area contributed by atoms with Crippen molar-refractivity contribution >= 4 is 17.4 Å². The van der Waals surface area contributed by atoms with Gasteiger partial charge in [0.2, 0.25) is 0 Å². The Kier molecular flexibility index (Phi) is 3.42. The predicted octanol–water partition coefficient (Wildman–Crippen LogP) is 2.75. The first kappa shape index (κ1) is 12.4. The highest BCUT2D eigenvalue weighted by atomic mass is 35.5. The van der Waals surface area contributed by atoms with E-state index >= 15 is 0 Å². The molecule has 0 spiro atoms. The molecular weight excluding hydrogens is 255 g/mol. The Labute approximate surface area is 102 Å². The van der Waals surface area contributed by atoms with Crippen LogP contribution in [-0.2, 0) is 5.88 Å². The normalized spacial score (nSPS) is 16.0. The van der Waals surface area contributed by atoms with Crippen LogP contribution in [0.1, 0.15) is 18.5 Å². The number of anilines is 1. The van der Waals surface area contributed by atoms with Crippen molar-refractivity contribution in [1.82, 2.24) is 9.97 Å². The summed E-state index contributed by atoms with van der Waals surface area (Å²) in [4.78, 5) is 9.18. The lowest BCUT2D eigenvalue weighted by atomic mass is 10.4. The van der Waals surface area contributed by atoms with E-state index in [-0.39, 0.29) is 17.7 Å². The molecule has 0 aliphatic heterocycles. The molecule has 0 aromatic carbocycles. The molecule has 0 atom stereocenters. The molecule has 17 heavy (non-hydrogen) atoms. The van der Waals surface area contributed by atoms with Gasteiger partial charge in [-0.3, -0.25) is 4.98 Å². The van der Waals surface area contributed by atoms with Crippen LogP contribution in [-0.4, -0.2) is 28.7 Å². The van der Waals surface area contributed by atoms with Crippen molar-refractivity contribution < 1.29 is 13.2 Å². The average molecular weight is 266 g/mol. The fraction of sp³-hybridized carbons (Fsp3) is 0.600. The van der Waals surface area contributed by atoms with Gasteiger partial charge in [-0.1, -0.05) is 0 Å². The molecule has 1 aliphatic rings. The summed E-state index contributed by atoms with van der Waals surface area (Å²) in [5.41, 5.74) is 0.554. The summed E-state index contributed by atoms with van der Waals surface area (Å²) >= 11 is 5.54. The van der Waals surface area contributed by atoms with Crippen LogP contribution in [0.25, 0.3) is 0 Å². The van der Waals surface area contributed by atoms with Crippen molar-refractivity contribution in [3.05, 3.63) is 18.1 Å². The molecule has 0 unspecified atom stereocenters. The van der Waals surface area contributed by atoms with Gasteiger partial charge in [0.1, 0.15) is 12.4 Å². The molecule has 2 rings (SSSR count). The zero-order valence-electron chi connectivity index (χ0n) is 8.91. The maximum absolute atomic E-state index is 12.4. The lowest BCUT2D eigenvalue weighted by Gasteiger charge is -2.24. The van der Waals surface area contributed by atoms with Crippen LogP contribution < -0.4 is 4.90 Å². The number of nitrogens with zero attached hydrogens (tertiary/aromatic N) is 3. The Morgan fingerprint density at radius 1 is 1.29 bits per heavy atom. The lowest BCUT2D eigenvalue weighted by Crippen LogP contribution is -2.36. The summed E-state index contributed by atoms with van der Waals surface area (Å²) in [7, 11) is 0. The molecular formula is C10H11ClF3N3. The van der Waals surface area contributed by atoms with E-state index in [1.807, 2.05) is 0 Å². The Hall–Kier alpha value is -1.04. The molecule has 0 radical (unpaired) electrons. The van der Waals surface area contributed by atoms with Crippen molar-refractivity contribution in [2.75, 3.05) is 11.4 Å². The molecule has 7 heteroatoms. The first-order chi connectivity index (χ1) is 7.99. The van der Waals surface area contributed by atoms with Gasteiger partial charge >= 0.3 is 6.18 Å². The molecule has 1 heterocycles. The van der Waals surface area contributed by atoms with Crippen LogP contribution in [0.2, 0.25) is 0 Å². The quantitative estimate of drug-likeness (QED) is 0.784. The number of halogens is 4. The zero-order valence-corrected chi connectivity index (χ0v) is 9.67. The van der Waals surface area contributed by atoms with Crippen molar-refractivity contribution in [3.63, 3.8) is 0 Å². The number of aromatic nitrogens is 2. The van der Waals surface area contributed by atoms with Crippen LogP contribution in [0.15, 0.2) is 12.4 Å². The Morgan fingerprint density at radius 3 is 2.41 bits per heavy atom. The summed E-state index contributed by atoms with van der Waals surface area (Å²) in [6, 6.07) is -0.0622. The van der Waals surface area contributed by atoms with E-state index in [2.05, 4.69) is 9.97 Å². The van der Waals surface area contributed by atoms with Crippen LogP contribution in [0.5, 0.6) is 0 Å². The molecule has 1 aromatic rings. The van der Waals surface area contributed by atoms with Crippen LogP contribution in [0.3, 0.4) is 0 Å². The van der Waals surface area contributed by atoms with Crippen molar-refractivity contribution in [2.24, 2.45) is 0 Å². The standard InChI is InChI=1S/C10H11ClF3N3/c11-3-7-4-16-9(5-15-7)17(8-1-2-8)6-10(12,13)14/h4-5,8H,1-3,6H2. The van der Waals surface area contributed by atoms with Crippen molar-refractivity contribution in [3.8, 4) is 0 Å². The minimum absolute atomic E-state index is 0.0622. The second-order valence-corrected chi connectivity index (χ2v) is 4.24. The van der Waals surface area contributed by atoms with Crippen LogP contribution in [0, 0.1) is 0 Å². The smallest absolute Gasteiger partial charge is 0.343 e. The van der Waals surface area contributed by atoms with E-state index < -0.39 is 12.7 Å². The number of rotatable bonds is 4. The van der Waals surface area contributed by atoms with Crippen LogP contribution >= 0.6 is 11.6 Å². The summed E-state index contributed by atoms with van der Waals surface area (Å²) in [5.74, 6) is 0.467. The third-order valence-corrected chi connectivity index (χ3v) is 2.73. The lowest BCUT2D eigenvalue weighted by molar-refractivity contribution is -0.120. The number of hydrogen-bond acceptors (Lipinski definition) is 3. The van der Waals surface area contributed by atoms with Crippen molar-refractivity contribution in [2.45, 2.75) is 30.9 Å². The van der Waals surface area contributed by atoms with Gasteiger partial charge in [-0.25, -0.2) is 4.98 Å². The minimum Gasteiger partial charge on any atom is -0.343 e. The largest absolute Gasteiger partial charge is 0.405 e. The third kappa shape index (κ3) is 3.46. The molecule has 94 valence electrons. The highest BCUT2D eigenvalue weighted by molar-refractivity contribution is 6.16. The second-order valence-electron chi connectivity index (χ2n) is 3.97. The zero-order chi connectivity index (χ0) is 12.5. The summed E-state index contributed by atoms with van der Waals surface area (Å²) in [5, 5.41) is 0. The number of hydrogen-bond donors (Lipinski definition) is 0. The second kappa shape index (κ2) is 4.68. The fourth-order valence-corrected chi connectivity index (χ4v) is 1.68. The monoisotopic (exact) mass is 265 g/mol. The minimum atomic E-state index is -4.23. The first-order valence-corrected chi connectivity index (χ1v) is 5.73. The third-order valence-electron chi connectivity index (χ3n) is 2.46. The maximum atomic E-state index is 12.4. The fourth-order valence-electron chi connectivity index (χ4n) is 1.54. The van der Waals surface area contributed by atoms with Gasteiger partial charge in [0.25, 0.3) is 0 Å². The van der Waals surface area contributed by atoms with Gasteiger partial charge in [-0.2, -0.15) is 13.2 Å². The SMILES string of the molecule is FC(F)(F)CN(c1cnc(CCl)cn1)C1CC1. The van der Waals surface area contributed by atoms with Gasteiger partial charge < -0.3 is 4.90 Å². The van der Waals surface area contributed by atoms with Gasteiger partial charge in [0, 0.05) is 6.04 Å². The average Bonchev–Trinajstić information content (AvgIpc) is 3.09. The molecule has 1 fully saturated rings. The Balaban J connectivity index is 2.14.